The van der Waals surface area contributed by atoms with Crippen molar-refractivity contribution in [3.63, 3.8) is 0 Å². The molecule has 23 heavy (non-hydrogen) atoms. The monoisotopic (exact) mass is 332 g/mol. The second kappa shape index (κ2) is 5.72. The van der Waals surface area contributed by atoms with Crippen molar-refractivity contribution in [3.05, 3.63) is 26.6 Å². The van der Waals surface area contributed by atoms with Crippen LogP contribution in [0.2, 0.25) is 0 Å². The van der Waals surface area contributed by atoms with Gasteiger partial charge in [-0.15, -0.1) is 11.3 Å². The number of fused-ring (bicyclic) bond motifs is 3. The van der Waals surface area contributed by atoms with E-state index in [9.17, 15) is 9.59 Å². The smallest absolute Gasteiger partial charge is 0.259 e. The third kappa shape index (κ3) is 3.03. The van der Waals surface area contributed by atoms with Gasteiger partial charge < -0.3 is 10.3 Å². The second-order valence-electron chi connectivity index (χ2n) is 6.56. The van der Waals surface area contributed by atoms with Crippen molar-refractivity contribution in [2.24, 2.45) is 0 Å². The summed E-state index contributed by atoms with van der Waals surface area (Å²) in [5.74, 6) is 0.665. The van der Waals surface area contributed by atoms with Crippen molar-refractivity contribution in [1.82, 2.24) is 20.2 Å². The van der Waals surface area contributed by atoms with Crippen LogP contribution in [-0.2, 0) is 24.2 Å². The number of carbonyl (C=O) groups excluding carboxylic acids is 1. The fourth-order valence-electron chi connectivity index (χ4n) is 3.18. The Morgan fingerprint density at radius 2 is 2.26 bits per heavy atom. The van der Waals surface area contributed by atoms with Gasteiger partial charge >= 0.3 is 0 Å². The third-order valence-corrected chi connectivity index (χ3v) is 5.59. The SMILES string of the molecule is CN(CC(=O)NC1CC1)Cc1nc2sc3c(c2c(=O)[nH]1)CCC3. The second-order valence-corrected chi connectivity index (χ2v) is 7.65. The molecule has 1 fully saturated rings. The molecule has 0 unspecified atom stereocenters. The molecule has 2 aromatic rings. The predicted octanol–water partition coefficient (Wildman–Crippen LogP) is 1.18. The highest BCUT2D eigenvalue weighted by Crippen LogP contribution is 2.34. The number of nitrogens with zero attached hydrogens (tertiary/aromatic N) is 2. The standard InChI is InChI=1S/C16H20N4O2S/c1-20(8-13(21)17-9-5-6-9)7-12-18-15(22)14-10-3-2-4-11(10)23-16(14)19-12/h9H,2-8H2,1H3,(H,17,21)(H,18,19,22). The van der Waals surface area contributed by atoms with Crippen LogP contribution in [0.3, 0.4) is 0 Å². The van der Waals surface area contributed by atoms with E-state index in [0.29, 0.717) is 25.0 Å². The molecule has 2 aromatic heterocycles. The summed E-state index contributed by atoms with van der Waals surface area (Å²) in [6, 6.07) is 0.374. The molecule has 0 atom stereocenters. The number of likely N-dealkylation sites (N-methyl/N-ethyl adjacent to an activating group) is 1. The van der Waals surface area contributed by atoms with Crippen LogP contribution in [0, 0.1) is 0 Å². The number of amides is 1. The Morgan fingerprint density at radius 3 is 3.04 bits per heavy atom. The minimum atomic E-state index is -0.0415. The van der Waals surface area contributed by atoms with E-state index >= 15 is 0 Å². The van der Waals surface area contributed by atoms with Crippen LogP contribution in [0.1, 0.15) is 35.5 Å². The van der Waals surface area contributed by atoms with Gasteiger partial charge in [0, 0.05) is 10.9 Å². The lowest BCUT2D eigenvalue weighted by atomic mass is 10.2. The van der Waals surface area contributed by atoms with Crippen molar-refractivity contribution in [1.29, 1.82) is 0 Å². The summed E-state index contributed by atoms with van der Waals surface area (Å²) in [7, 11) is 1.87. The predicted molar refractivity (Wildman–Crippen MR) is 89.8 cm³/mol. The number of hydrogen-bond acceptors (Lipinski definition) is 5. The van der Waals surface area contributed by atoms with Crippen molar-refractivity contribution < 1.29 is 4.79 Å². The van der Waals surface area contributed by atoms with Crippen LogP contribution in [0.15, 0.2) is 4.79 Å². The fraction of sp³-hybridized carbons (Fsp3) is 0.562. The van der Waals surface area contributed by atoms with Gasteiger partial charge in [0.1, 0.15) is 10.7 Å². The lowest BCUT2D eigenvalue weighted by Crippen LogP contribution is -2.36. The number of thiophene rings is 1. The van der Waals surface area contributed by atoms with Crippen LogP contribution in [0.5, 0.6) is 0 Å². The number of nitrogens with one attached hydrogen (secondary N) is 2. The van der Waals surface area contributed by atoms with Gasteiger partial charge in [-0.1, -0.05) is 0 Å². The van der Waals surface area contributed by atoms with E-state index in [4.69, 9.17) is 0 Å². The number of rotatable bonds is 5. The highest BCUT2D eigenvalue weighted by Gasteiger charge is 2.24. The van der Waals surface area contributed by atoms with E-state index in [0.717, 1.165) is 42.3 Å². The van der Waals surface area contributed by atoms with E-state index in [1.54, 1.807) is 11.3 Å². The summed E-state index contributed by atoms with van der Waals surface area (Å²) in [6.07, 6.45) is 5.36. The molecule has 6 nitrogen and oxygen atoms in total. The van der Waals surface area contributed by atoms with Gasteiger partial charge in [0.05, 0.1) is 18.5 Å². The number of aromatic amines is 1. The van der Waals surface area contributed by atoms with Crippen LogP contribution in [0.4, 0.5) is 0 Å². The molecular formula is C16H20N4O2S. The van der Waals surface area contributed by atoms with Gasteiger partial charge in [0.15, 0.2) is 0 Å². The zero-order chi connectivity index (χ0) is 16.0. The minimum Gasteiger partial charge on any atom is -0.352 e. The van der Waals surface area contributed by atoms with E-state index in [2.05, 4.69) is 15.3 Å². The van der Waals surface area contributed by atoms with Crippen LogP contribution in [-0.4, -0.2) is 40.4 Å². The quantitative estimate of drug-likeness (QED) is 0.862. The zero-order valence-electron chi connectivity index (χ0n) is 13.1. The first-order chi connectivity index (χ1) is 11.1. The van der Waals surface area contributed by atoms with E-state index in [-0.39, 0.29) is 11.5 Å². The largest absolute Gasteiger partial charge is 0.352 e. The minimum absolute atomic E-state index is 0.0357. The summed E-state index contributed by atoms with van der Waals surface area (Å²) in [5, 5.41) is 3.74. The molecule has 0 spiro atoms. The number of H-pyrrole nitrogens is 1. The molecular weight excluding hydrogens is 312 g/mol. The summed E-state index contributed by atoms with van der Waals surface area (Å²) >= 11 is 1.64. The molecule has 2 heterocycles. The topological polar surface area (TPSA) is 78.1 Å². The average molecular weight is 332 g/mol. The maximum absolute atomic E-state index is 12.4. The van der Waals surface area contributed by atoms with Crippen LogP contribution in [0.25, 0.3) is 10.2 Å². The Hall–Kier alpha value is -1.73. The molecule has 2 aliphatic carbocycles. The highest BCUT2D eigenvalue weighted by molar-refractivity contribution is 7.18. The first-order valence-corrected chi connectivity index (χ1v) is 8.93. The fourth-order valence-corrected chi connectivity index (χ4v) is 4.46. The summed E-state index contributed by atoms with van der Waals surface area (Å²) < 4.78 is 0. The number of aryl methyl sites for hydroxylation is 2. The Bertz CT molecular complexity index is 821. The van der Waals surface area contributed by atoms with Gasteiger partial charge in [-0.05, 0) is 44.7 Å². The first-order valence-electron chi connectivity index (χ1n) is 8.11. The zero-order valence-corrected chi connectivity index (χ0v) is 14.0. The van der Waals surface area contributed by atoms with Gasteiger partial charge in [-0.25, -0.2) is 4.98 Å². The molecule has 0 aliphatic heterocycles. The molecule has 0 aromatic carbocycles. The van der Waals surface area contributed by atoms with Gasteiger partial charge in [-0.2, -0.15) is 0 Å². The summed E-state index contributed by atoms with van der Waals surface area (Å²) in [6.45, 7) is 0.783. The molecule has 1 amide bonds. The van der Waals surface area contributed by atoms with E-state index < -0.39 is 0 Å². The van der Waals surface area contributed by atoms with Gasteiger partial charge in [-0.3, -0.25) is 14.5 Å². The van der Waals surface area contributed by atoms with E-state index in [1.807, 2.05) is 11.9 Å². The van der Waals surface area contributed by atoms with Crippen molar-refractivity contribution in [3.8, 4) is 0 Å². The molecule has 0 radical (unpaired) electrons. The molecule has 2 N–H and O–H groups in total. The molecule has 2 aliphatic rings. The van der Waals surface area contributed by atoms with Gasteiger partial charge in [0.25, 0.3) is 5.56 Å². The van der Waals surface area contributed by atoms with Crippen molar-refractivity contribution in [2.45, 2.75) is 44.7 Å². The molecule has 4 rings (SSSR count). The first kappa shape index (κ1) is 14.8. The number of hydrogen-bond donors (Lipinski definition) is 2. The van der Waals surface area contributed by atoms with Crippen LogP contribution < -0.4 is 10.9 Å². The number of carbonyl (C=O) groups is 1. The molecule has 122 valence electrons. The summed E-state index contributed by atoms with van der Waals surface area (Å²) in [5.41, 5.74) is 1.16. The highest BCUT2D eigenvalue weighted by atomic mass is 32.1. The maximum Gasteiger partial charge on any atom is 0.259 e. The Balaban J connectivity index is 1.50. The normalized spacial score (nSPS) is 17.0. The molecule has 7 heteroatoms. The molecule has 1 saturated carbocycles. The van der Waals surface area contributed by atoms with Crippen LogP contribution >= 0.6 is 11.3 Å². The lowest BCUT2D eigenvalue weighted by Gasteiger charge is -2.15. The van der Waals surface area contributed by atoms with Crippen molar-refractivity contribution >= 4 is 27.5 Å². The van der Waals surface area contributed by atoms with Gasteiger partial charge in [0.2, 0.25) is 5.91 Å². The Labute approximate surface area is 137 Å². The molecule has 0 bridgehead atoms. The summed E-state index contributed by atoms with van der Waals surface area (Å²) in [4.78, 5) is 35.7. The lowest BCUT2D eigenvalue weighted by molar-refractivity contribution is -0.122. The maximum atomic E-state index is 12.4. The van der Waals surface area contributed by atoms with E-state index in [1.165, 1.54) is 10.4 Å². The average Bonchev–Trinajstić information content (AvgIpc) is 3.03. The number of aromatic nitrogens is 2. The van der Waals surface area contributed by atoms with Crippen molar-refractivity contribution in [2.75, 3.05) is 13.6 Å². The third-order valence-electron chi connectivity index (χ3n) is 4.40. The Morgan fingerprint density at radius 1 is 1.43 bits per heavy atom. The molecule has 0 saturated heterocycles. The Kier molecular flexibility index (Phi) is 3.69.